The summed E-state index contributed by atoms with van der Waals surface area (Å²) < 4.78 is 0. The first-order chi connectivity index (χ1) is 6.69. The van der Waals surface area contributed by atoms with Crippen LogP contribution in [0.1, 0.15) is 33.6 Å². The van der Waals surface area contributed by atoms with Crippen molar-refractivity contribution in [2.75, 3.05) is 19.7 Å². The first kappa shape index (κ1) is 13.2. The topological polar surface area (TPSA) is 52.6 Å². The quantitative estimate of drug-likeness (QED) is 0.680. The molecule has 1 atom stereocenters. The van der Waals surface area contributed by atoms with Crippen LogP contribution in [0.2, 0.25) is 0 Å². The summed E-state index contributed by atoms with van der Waals surface area (Å²) in [5.74, 6) is 0. The zero-order valence-electron chi connectivity index (χ0n) is 9.42. The molecule has 0 aromatic heterocycles. The highest BCUT2D eigenvalue weighted by atomic mass is 16.3. The van der Waals surface area contributed by atoms with Crippen molar-refractivity contribution >= 4 is 6.03 Å². The Morgan fingerprint density at radius 3 is 2.29 bits per heavy atom. The number of aliphatic hydroxyl groups is 1. The van der Waals surface area contributed by atoms with Crippen LogP contribution in [0.3, 0.4) is 0 Å². The van der Waals surface area contributed by atoms with Crippen molar-refractivity contribution in [1.82, 2.24) is 10.2 Å². The molecule has 2 N–H and O–H groups in total. The lowest BCUT2D eigenvalue weighted by molar-refractivity contribution is 0.193. The Morgan fingerprint density at radius 2 is 1.93 bits per heavy atom. The lowest BCUT2D eigenvalue weighted by Gasteiger charge is -2.23. The van der Waals surface area contributed by atoms with E-state index in [1.54, 1.807) is 4.90 Å². The predicted octanol–water partition coefficient (Wildman–Crippen LogP) is 1.20. The molecule has 0 aliphatic carbocycles. The second-order valence-corrected chi connectivity index (χ2v) is 3.24. The smallest absolute Gasteiger partial charge is 0.317 e. The Labute approximate surface area is 86.3 Å². The van der Waals surface area contributed by atoms with Crippen molar-refractivity contribution in [2.45, 2.75) is 39.7 Å². The van der Waals surface area contributed by atoms with Gasteiger partial charge >= 0.3 is 6.03 Å². The molecule has 0 aliphatic heterocycles. The summed E-state index contributed by atoms with van der Waals surface area (Å²) >= 11 is 0. The van der Waals surface area contributed by atoms with Crippen molar-refractivity contribution in [3.63, 3.8) is 0 Å². The zero-order valence-corrected chi connectivity index (χ0v) is 9.42. The van der Waals surface area contributed by atoms with E-state index in [-0.39, 0.29) is 18.7 Å². The predicted molar refractivity (Wildman–Crippen MR) is 57.2 cm³/mol. The molecule has 0 heterocycles. The monoisotopic (exact) mass is 202 g/mol. The average Bonchev–Trinajstić information content (AvgIpc) is 2.19. The Bertz CT molecular complexity index is 158. The van der Waals surface area contributed by atoms with Crippen LogP contribution in [-0.4, -0.2) is 41.8 Å². The molecule has 84 valence electrons. The van der Waals surface area contributed by atoms with Gasteiger partial charge in [0.1, 0.15) is 0 Å². The van der Waals surface area contributed by atoms with E-state index in [0.717, 1.165) is 19.5 Å². The van der Waals surface area contributed by atoms with Gasteiger partial charge in [0.15, 0.2) is 0 Å². The van der Waals surface area contributed by atoms with Crippen LogP contribution in [-0.2, 0) is 0 Å². The summed E-state index contributed by atoms with van der Waals surface area (Å²) in [4.78, 5) is 13.3. The maximum absolute atomic E-state index is 11.6. The van der Waals surface area contributed by atoms with Gasteiger partial charge in [-0.25, -0.2) is 4.79 Å². The maximum atomic E-state index is 11.6. The summed E-state index contributed by atoms with van der Waals surface area (Å²) in [7, 11) is 0. The van der Waals surface area contributed by atoms with Crippen LogP contribution in [0, 0.1) is 0 Å². The van der Waals surface area contributed by atoms with Gasteiger partial charge in [-0.1, -0.05) is 6.92 Å². The Balaban J connectivity index is 3.99. The number of aliphatic hydroxyl groups excluding tert-OH is 1. The standard InChI is InChI=1S/C10H22N2O2/c1-4-9(7-8-13)11-10(14)12(5-2)6-3/h9,13H,4-8H2,1-3H3,(H,11,14). The normalized spacial score (nSPS) is 12.3. The minimum atomic E-state index is -0.0321. The van der Waals surface area contributed by atoms with E-state index in [2.05, 4.69) is 5.32 Å². The molecule has 1 unspecified atom stereocenters. The highest BCUT2D eigenvalue weighted by Gasteiger charge is 2.13. The summed E-state index contributed by atoms with van der Waals surface area (Å²) in [5.41, 5.74) is 0. The van der Waals surface area contributed by atoms with E-state index in [4.69, 9.17) is 5.11 Å². The number of hydrogen-bond acceptors (Lipinski definition) is 2. The van der Waals surface area contributed by atoms with Gasteiger partial charge in [-0.2, -0.15) is 0 Å². The molecule has 0 saturated carbocycles. The van der Waals surface area contributed by atoms with Crippen LogP contribution in [0.4, 0.5) is 4.79 Å². The molecule has 0 aromatic rings. The fraction of sp³-hybridized carbons (Fsp3) is 0.900. The van der Waals surface area contributed by atoms with E-state index in [1.807, 2.05) is 20.8 Å². The molecular formula is C10H22N2O2. The molecule has 2 amide bonds. The summed E-state index contributed by atoms with van der Waals surface area (Å²) in [6, 6.07) is 0.0587. The molecule has 0 spiro atoms. The molecule has 0 saturated heterocycles. The van der Waals surface area contributed by atoms with E-state index < -0.39 is 0 Å². The Morgan fingerprint density at radius 1 is 1.36 bits per heavy atom. The van der Waals surface area contributed by atoms with Gasteiger partial charge in [-0.15, -0.1) is 0 Å². The molecule has 0 bridgehead atoms. The summed E-state index contributed by atoms with van der Waals surface area (Å²) in [6.45, 7) is 7.47. The molecule has 0 fully saturated rings. The van der Waals surface area contributed by atoms with Gasteiger partial charge < -0.3 is 15.3 Å². The van der Waals surface area contributed by atoms with Crippen molar-refractivity contribution in [3.8, 4) is 0 Å². The molecule has 0 radical (unpaired) electrons. The third-order valence-electron chi connectivity index (χ3n) is 2.35. The molecule has 14 heavy (non-hydrogen) atoms. The summed E-state index contributed by atoms with van der Waals surface area (Å²) in [5, 5.41) is 11.7. The number of amides is 2. The minimum absolute atomic E-state index is 0.0321. The number of carbonyl (C=O) groups excluding carboxylic acids is 1. The van der Waals surface area contributed by atoms with Crippen molar-refractivity contribution in [3.05, 3.63) is 0 Å². The average molecular weight is 202 g/mol. The van der Waals surface area contributed by atoms with E-state index in [1.165, 1.54) is 0 Å². The van der Waals surface area contributed by atoms with Gasteiger partial charge in [-0.3, -0.25) is 0 Å². The van der Waals surface area contributed by atoms with E-state index in [9.17, 15) is 4.79 Å². The Hall–Kier alpha value is -0.770. The van der Waals surface area contributed by atoms with Gasteiger partial charge in [0.2, 0.25) is 0 Å². The number of urea groups is 1. The van der Waals surface area contributed by atoms with Crippen LogP contribution in [0.15, 0.2) is 0 Å². The fourth-order valence-electron chi connectivity index (χ4n) is 1.31. The lowest BCUT2D eigenvalue weighted by Crippen LogP contribution is -2.44. The third kappa shape index (κ3) is 4.46. The van der Waals surface area contributed by atoms with Crippen molar-refractivity contribution in [2.24, 2.45) is 0 Å². The number of nitrogens with one attached hydrogen (secondary N) is 1. The molecule has 4 heteroatoms. The third-order valence-corrected chi connectivity index (χ3v) is 2.35. The lowest BCUT2D eigenvalue weighted by atomic mass is 10.1. The van der Waals surface area contributed by atoms with Crippen LogP contribution in [0.25, 0.3) is 0 Å². The number of hydrogen-bond donors (Lipinski definition) is 2. The second-order valence-electron chi connectivity index (χ2n) is 3.24. The van der Waals surface area contributed by atoms with Crippen LogP contribution >= 0.6 is 0 Å². The number of nitrogens with zero attached hydrogens (tertiary/aromatic N) is 1. The molecule has 0 rings (SSSR count). The van der Waals surface area contributed by atoms with Crippen LogP contribution in [0.5, 0.6) is 0 Å². The highest BCUT2D eigenvalue weighted by molar-refractivity contribution is 5.74. The SMILES string of the molecule is CCC(CCO)NC(=O)N(CC)CC. The van der Waals surface area contributed by atoms with Gasteiger partial charge in [0.05, 0.1) is 0 Å². The van der Waals surface area contributed by atoms with E-state index in [0.29, 0.717) is 6.42 Å². The maximum Gasteiger partial charge on any atom is 0.317 e. The molecule has 4 nitrogen and oxygen atoms in total. The Kier molecular flexibility index (Phi) is 7.20. The first-order valence-corrected chi connectivity index (χ1v) is 5.35. The molecular weight excluding hydrogens is 180 g/mol. The van der Waals surface area contributed by atoms with Gasteiger partial charge in [-0.05, 0) is 26.7 Å². The first-order valence-electron chi connectivity index (χ1n) is 5.35. The van der Waals surface area contributed by atoms with Crippen molar-refractivity contribution in [1.29, 1.82) is 0 Å². The minimum Gasteiger partial charge on any atom is -0.396 e. The highest BCUT2D eigenvalue weighted by Crippen LogP contribution is 1.98. The largest absolute Gasteiger partial charge is 0.396 e. The molecule has 0 aliphatic rings. The molecule has 0 aromatic carbocycles. The van der Waals surface area contributed by atoms with Gasteiger partial charge in [0, 0.05) is 25.7 Å². The number of rotatable bonds is 6. The zero-order chi connectivity index (χ0) is 11.0. The van der Waals surface area contributed by atoms with Crippen LogP contribution < -0.4 is 5.32 Å². The van der Waals surface area contributed by atoms with Gasteiger partial charge in [0.25, 0.3) is 0 Å². The second kappa shape index (κ2) is 7.62. The number of carbonyl (C=O) groups is 1. The fourth-order valence-corrected chi connectivity index (χ4v) is 1.31. The van der Waals surface area contributed by atoms with E-state index >= 15 is 0 Å². The van der Waals surface area contributed by atoms with Crippen molar-refractivity contribution < 1.29 is 9.90 Å². The summed E-state index contributed by atoms with van der Waals surface area (Å²) in [6.07, 6.45) is 1.48.